The molecule has 0 unspecified atom stereocenters. The van der Waals surface area contributed by atoms with Gasteiger partial charge in [0.15, 0.2) is 0 Å². The van der Waals surface area contributed by atoms with E-state index in [1.807, 2.05) is 24.3 Å². The predicted octanol–water partition coefficient (Wildman–Crippen LogP) is 2.65. The second-order valence-electron chi connectivity index (χ2n) is 6.08. The number of aromatic nitrogens is 1. The number of thioether (sulfide) groups is 1. The van der Waals surface area contributed by atoms with Crippen LogP contribution in [-0.2, 0) is 14.2 Å². The number of ether oxygens (including phenoxy) is 3. The van der Waals surface area contributed by atoms with E-state index in [0.29, 0.717) is 33.0 Å². The second-order valence-corrected chi connectivity index (χ2v) is 7.25. The van der Waals surface area contributed by atoms with Gasteiger partial charge in [0, 0.05) is 28.9 Å². The number of hydrogen-bond donors (Lipinski definition) is 2. The van der Waals surface area contributed by atoms with Gasteiger partial charge >= 0.3 is 11.9 Å². The summed E-state index contributed by atoms with van der Waals surface area (Å²) in [6.07, 6.45) is 0. The largest absolute Gasteiger partial charge is 0.477 e. The van der Waals surface area contributed by atoms with E-state index >= 15 is 0 Å². The third-order valence-electron chi connectivity index (χ3n) is 3.77. The standard InChI is InChI=1S/C22H23NO7S/c1-28-8-9-29-10-11-30-12-13-31-18-6-4-16(5-7-18)2-3-17-14-19(21(24)25)23-20(15-17)22(26)27/h4-7,14-15H,8-13H2,1H3,(H,24,25)(H,26,27). The van der Waals surface area contributed by atoms with E-state index in [-0.39, 0.29) is 17.0 Å². The summed E-state index contributed by atoms with van der Waals surface area (Å²) in [6, 6.07) is 10.0. The first-order valence-corrected chi connectivity index (χ1v) is 10.4. The maximum Gasteiger partial charge on any atom is 0.354 e. The van der Waals surface area contributed by atoms with Crippen molar-refractivity contribution in [1.82, 2.24) is 4.98 Å². The smallest absolute Gasteiger partial charge is 0.354 e. The molecule has 0 aliphatic heterocycles. The molecular weight excluding hydrogens is 422 g/mol. The topological polar surface area (TPSA) is 115 Å². The highest BCUT2D eigenvalue weighted by molar-refractivity contribution is 7.99. The number of carbonyl (C=O) groups is 2. The first-order chi connectivity index (χ1) is 15.0. The number of carboxylic acids is 2. The number of nitrogens with zero attached hydrogens (tertiary/aromatic N) is 1. The zero-order valence-electron chi connectivity index (χ0n) is 17.0. The Morgan fingerprint density at radius 3 is 2.00 bits per heavy atom. The Bertz CT molecular complexity index is 903. The highest BCUT2D eigenvalue weighted by Gasteiger charge is 2.12. The Morgan fingerprint density at radius 2 is 1.42 bits per heavy atom. The second kappa shape index (κ2) is 13.4. The van der Waals surface area contributed by atoms with E-state index in [0.717, 1.165) is 16.2 Å². The van der Waals surface area contributed by atoms with Crippen LogP contribution in [0.25, 0.3) is 0 Å². The van der Waals surface area contributed by atoms with Crippen molar-refractivity contribution in [2.75, 3.05) is 45.9 Å². The van der Waals surface area contributed by atoms with Gasteiger partial charge in [-0.05, 0) is 36.4 Å². The molecule has 0 bridgehead atoms. The Morgan fingerprint density at radius 1 is 0.871 bits per heavy atom. The highest BCUT2D eigenvalue weighted by Crippen LogP contribution is 2.18. The molecule has 9 heteroatoms. The van der Waals surface area contributed by atoms with Crippen molar-refractivity contribution in [3.05, 3.63) is 58.9 Å². The molecule has 0 aliphatic rings. The third-order valence-corrected chi connectivity index (χ3v) is 4.75. The Labute approximate surface area is 184 Å². The fraction of sp³-hybridized carbons (Fsp3) is 0.318. The number of methoxy groups -OCH3 is 1. The van der Waals surface area contributed by atoms with Gasteiger partial charge in [0.05, 0.1) is 33.0 Å². The summed E-state index contributed by atoms with van der Waals surface area (Å²) in [5.41, 5.74) is 0.269. The van der Waals surface area contributed by atoms with Crippen LogP contribution < -0.4 is 0 Å². The van der Waals surface area contributed by atoms with Gasteiger partial charge in [-0.15, -0.1) is 11.8 Å². The summed E-state index contributed by atoms with van der Waals surface area (Å²) in [5, 5.41) is 18.1. The van der Waals surface area contributed by atoms with E-state index < -0.39 is 11.9 Å². The molecule has 1 aromatic heterocycles. The van der Waals surface area contributed by atoms with E-state index in [2.05, 4.69) is 16.8 Å². The molecule has 0 fully saturated rings. The van der Waals surface area contributed by atoms with Crippen LogP contribution in [0.2, 0.25) is 0 Å². The summed E-state index contributed by atoms with van der Waals surface area (Å²) in [4.78, 5) is 26.9. The minimum atomic E-state index is -1.31. The molecule has 0 atom stereocenters. The molecule has 1 heterocycles. The van der Waals surface area contributed by atoms with Crippen LogP contribution in [0.15, 0.2) is 41.3 Å². The fourth-order valence-electron chi connectivity index (χ4n) is 2.28. The molecule has 31 heavy (non-hydrogen) atoms. The molecule has 2 rings (SSSR count). The summed E-state index contributed by atoms with van der Waals surface area (Å²) in [7, 11) is 1.63. The summed E-state index contributed by atoms with van der Waals surface area (Å²) < 4.78 is 15.7. The number of aromatic carboxylic acids is 2. The predicted molar refractivity (Wildman–Crippen MR) is 115 cm³/mol. The minimum absolute atomic E-state index is 0.270. The molecular formula is C22H23NO7S. The van der Waals surface area contributed by atoms with Crippen molar-refractivity contribution < 1.29 is 34.0 Å². The van der Waals surface area contributed by atoms with E-state index in [4.69, 9.17) is 24.4 Å². The van der Waals surface area contributed by atoms with Crippen LogP contribution in [0.4, 0.5) is 0 Å². The normalized spacial score (nSPS) is 10.4. The van der Waals surface area contributed by atoms with Crippen molar-refractivity contribution in [2.45, 2.75) is 4.90 Å². The molecule has 1 aromatic carbocycles. The SMILES string of the molecule is COCCOCCOCCSc1ccc(C#Cc2cc(C(=O)O)nc(C(=O)O)c2)cc1. The summed E-state index contributed by atoms with van der Waals surface area (Å²) >= 11 is 1.65. The number of benzene rings is 1. The van der Waals surface area contributed by atoms with E-state index in [1.54, 1.807) is 18.9 Å². The molecule has 0 saturated carbocycles. The van der Waals surface area contributed by atoms with Crippen LogP contribution in [0.5, 0.6) is 0 Å². The van der Waals surface area contributed by atoms with Crippen LogP contribution in [-0.4, -0.2) is 73.0 Å². The molecule has 0 aliphatic carbocycles. The molecule has 2 aromatic rings. The quantitative estimate of drug-likeness (QED) is 0.289. The third kappa shape index (κ3) is 9.19. The van der Waals surface area contributed by atoms with Gasteiger partial charge in [-0.2, -0.15) is 0 Å². The molecule has 0 saturated heterocycles. The molecule has 0 spiro atoms. The van der Waals surface area contributed by atoms with Gasteiger partial charge in [-0.3, -0.25) is 0 Å². The minimum Gasteiger partial charge on any atom is -0.477 e. The average molecular weight is 445 g/mol. The maximum absolute atomic E-state index is 11.1. The van der Waals surface area contributed by atoms with Gasteiger partial charge in [0.1, 0.15) is 11.4 Å². The molecule has 2 N–H and O–H groups in total. The summed E-state index contributed by atoms with van der Waals surface area (Å²) in [5.74, 6) is 3.88. The zero-order chi connectivity index (χ0) is 22.5. The average Bonchev–Trinajstić information content (AvgIpc) is 2.77. The van der Waals surface area contributed by atoms with Crippen molar-refractivity contribution in [1.29, 1.82) is 0 Å². The van der Waals surface area contributed by atoms with Crippen molar-refractivity contribution in [3.8, 4) is 11.8 Å². The lowest BCUT2D eigenvalue weighted by Crippen LogP contribution is -2.09. The van der Waals surface area contributed by atoms with Crippen LogP contribution in [0.3, 0.4) is 0 Å². The Kier molecular flexibility index (Phi) is 10.5. The molecule has 8 nitrogen and oxygen atoms in total. The van der Waals surface area contributed by atoms with E-state index in [1.165, 1.54) is 12.1 Å². The number of pyridine rings is 1. The maximum atomic E-state index is 11.1. The highest BCUT2D eigenvalue weighted by atomic mass is 32.2. The fourth-order valence-corrected chi connectivity index (χ4v) is 3.05. The van der Waals surface area contributed by atoms with Gasteiger partial charge < -0.3 is 24.4 Å². The monoisotopic (exact) mass is 445 g/mol. The van der Waals surface area contributed by atoms with Crippen molar-refractivity contribution in [2.24, 2.45) is 0 Å². The molecule has 164 valence electrons. The number of rotatable bonds is 12. The Balaban J connectivity index is 1.84. The van der Waals surface area contributed by atoms with Gasteiger partial charge in [-0.1, -0.05) is 11.8 Å². The van der Waals surface area contributed by atoms with Crippen LogP contribution >= 0.6 is 11.8 Å². The van der Waals surface area contributed by atoms with E-state index in [9.17, 15) is 9.59 Å². The van der Waals surface area contributed by atoms with Gasteiger partial charge in [-0.25, -0.2) is 14.6 Å². The van der Waals surface area contributed by atoms with Gasteiger partial charge in [0.2, 0.25) is 0 Å². The first kappa shape index (κ1) is 24.4. The lowest BCUT2D eigenvalue weighted by atomic mass is 10.1. The lowest BCUT2D eigenvalue weighted by Gasteiger charge is -2.05. The van der Waals surface area contributed by atoms with Crippen molar-refractivity contribution >= 4 is 23.7 Å². The van der Waals surface area contributed by atoms with Gasteiger partial charge in [0.25, 0.3) is 0 Å². The zero-order valence-corrected chi connectivity index (χ0v) is 17.8. The number of hydrogen-bond acceptors (Lipinski definition) is 7. The van der Waals surface area contributed by atoms with Crippen LogP contribution in [0, 0.1) is 11.8 Å². The number of carboxylic acid groups (broad SMARTS) is 2. The summed E-state index contributed by atoms with van der Waals surface area (Å²) in [6.45, 7) is 2.83. The first-order valence-electron chi connectivity index (χ1n) is 9.37. The molecule has 0 amide bonds. The lowest BCUT2D eigenvalue weighted by molar-refractivity contribution is 0.0286. The Hall–Kier alpha value is -2.90. The van der Waals surface area contributed by atoms with Crippen LogP contribution in [0.1, 0.15) is 32.1 Å². The molecule has 0 radical (unpaired) electrons. The van der Waals surface area contributed by atoms with Crippen molar-refractivity contribution in [3.63, 3.8) is 0 Å².